The molecule has 4 rings (SSSR count). The molecule has 3 unspecified atom stereocenters. The fourth-order valence-electron chi connectivity index (χ4n) is 6.14. The molecule has 5 nitrogen and oxygen atoms in total. The van der Waals surface area contributed by atoms with Crippen LogP contribution in [0.5, 0.6) is 0 Å². The van der Waals surface area contributed by atoms with Gasteiger partial charge in [-0.2, -0.15) is 13.2 Å². The van der Waals surface area contributed by atoms with Gasteiger partial charge in [0, 0.05) is 16.9 Å². The number of hydrogen-bond acceptors (Lipinski definition) is 5. The summed E-state index contributed by atoms with van der Waals surface area (Å²) in [6.07, 6.45) is -2.62. The molecule has 0 aromatic heterocycles. The molecule has 2 saturated carbocycles. The van der Waals surface area contributed by atoms with E-state index in [0.29, 0.717) is 24.8 Å². The van der Waals surface area contributed by atoms with E-state index in [1.807, 2.05) is 0 Å². The number of carbonyl (C=O) groups is 3. The van der Waals surface area contributed by atoms with Crippen LogP contribution < -0.4 is 0 Å². The van der Waals surface area contributed by atoms with Crippen LogP contribution in [0.2, 0.25) is 0 Å². The highest BCUT2D eigenvalue weighted by Crippen LogP contribution is 2.64. The minimum atomic E-state index is -4.52. The van der Waals surface area contributed by atoms with Crippen LogP contribution in [-0.2, 0) is 30.7 Å². The Bertz CT molecular complexity index is 920. The van der Waals surface area contributed by atoms with E-state index < -0.39 is 46.3 Å². The summed E-state index contributed by atoms with van der Waals surface area (Å²) in [4.78, 5) is 39.6. The Morgan fingerprint density at radius 3 is 2.32 bits per heavy atom. The van der Waals surface area contributed by atoms with Crippen LogP contribution in [0.3, 0.4) is 0 Å². The Morgan fingerprint density at radius 2 is 1.74 bits per heavy atom. The van der Waals surface area contributed by atoms with Gasteiger partial charge in [0.1, 0.15) is 0 Å². The number of alkyl halides is 3. The molecule has 2 fully saturated rings. The first-order valence-electron chi connectivity index (χ1n) is 10.7. The number of benzene rings is 1. The number of fused-ring (bicyclic) bond motifs is 2. The van der Waals surface area contributed by atoms with Crippen molar-refractivity contribution in [3.8, 4) is 0 Å². The Hall–Kier alpha value is -2.38. The zero-order valence-electron chi connectivity index (χ0n) is 17.5. The van der Waals surface area contributed by atoms with Crippen LogP contribution in [0, 0.1) is 17.3 Å². The van der Waals surface area contributed by atoms with Crippen molar-refractivity contribution in [2.75, 3.05) is 13.2 Å². The first kappa shape index (κ1) is 21.8. The lowest BCUT2D eigenvalue weighted by Crippen LogP contribution is -2.58. The zero-order chi connectivity index (χ0) is 22.6. The predicted octanol–water partition coefficient (Wildman–Crippen LogP) is 4.46. The Balaban J connectivity index is 1.85. The third-order valence-corrected chi connectivity index (χ3v) is 7.42. The second kappa shape index (κ2) is 7.35. The molecule has 0 radical (unpaired) electrons. The lowest BCUT2D eigenvalue weighted by Gasteiger charge is -2.53. The summed E-state index contributed by atoms with van der Waals surface area (Å²) in [5.41, 5.74) is -2.51. The summed E-state index contributed by atoms with van der Waals surface area (Å²) < 4.78 is 50.7. The van der Waals surface area contributed by atoms with Crippen LogP contribution in [0.4, 0.5) is 13.2 Å². The molecule has 2 bridgehead atoms. The predicted molar refractivity (Wildman–Crippen MR) is 103 cm³/mol. The van der Waals surface area contributed by atoms with Gasteiger partial charge in [-0.25, -0.2) is 0 Å². The van der Waals surface area contributed by atoms with E-state index in [9.17, 15) is 27.6 Å². The minimum absolute atomic E-state index is 0.0750. The van der Waals surface area contributed by atoms with Crippen LogP contribution in [0.15, 0.2) is 18.2 Å². The smallest absolute Gasteiger partial charge is 0.416 e. The van der Waals surface area contributed by atoms with Gasteiger partial charge in [0.2, 0.25) is 0 Å². The fourth-order valence-corrected chi connectivity index (χ4v) is 6.14. The van der Waals surface area contributed by atoms with E-state index in [1.165, 1.54) is 6.07 Å². The highest BCUT2D eigenvalue weighted by atomic mass is 19.4. The van der Waals surface area contributed by atoms with E-state index in [4.69, 9.17) is 9.47 Å². The molecule has 0 heterocycles. The highest BCUT2D eigenvalue weighted by Gasteiger charge is 2.68. The van der Waals surface area contributed by atoms with Crippen molar-refractivity contribution in [3.63, 3.8) is 0 Å². The molecule has 168 valence electrons. The summed E-state index contributed by atoms with van der Waals surface area (Å²) >= 11 is 0. The van der Waals surface area contributed by atoms with Gasteiger partial charge in [-0.05, 0) is 63.1 Å². The molecule has 3 atom stereocenters. The lowest BCUT2D eigenvalue weighted by atomic mass is 9.48. The van der Waals surface area contributed by atoms with E-state index >= 15 is 0 Å². The van der Waals surface area contributed by atoms with E-state index in [0.717, 1.165) is 12.1 Å². The highest BCUT2D eigenvalue weighted by molar-refractivity contribution is 6.07. The molecule has 0 N–H and O–H groups in total. The van der Waals surface area contributed by atoms with Crippen LogP contribution in [-0.4, -0.2) is 30.9 Å². The second-order valence-electron chi connectivity index (χ2n) is 8.74. The van der Waals surface area contributed by atoms with Crippen molar-refractivity contribution in [3.05, 3.63) is 34.9 Å². The van der Waals surface area contributed by atoms with Crippen molar-refractivity contribution in [2.45, 2.75) is 57.5 Å². The number of hydrogen-bond donors (Lipinski definition) is 0. The van der Waals surface area contributed by atoms with Crippen molar-refractivity contribution in [1.29, 1.82) is 0 Å². The molecule has 8 heteroatoms. The monoisotopic (exact) mass is 438 g/mol. The number of Topliss-reactive ketones (excluding diaryl/α,β-unsaturated/α-hetero) is 1. The molecule has 1 aromatic carbocycles. The van der Waals surface area contributed by atoms with E-state index in [2.05, 4.69) is 0 Å². The van der Waals surface area contributed by atoms with Gasteiger partial charge >= 0.3 is 18.1 Å². The fraction of sp³-hybridized carbons (Fsp3) is 0.609. The van der Waals surface area contributed by atoms with Crippen molar-refractivity contribution in [2.24, 2.45) is 17.3 Å². The van der Waals surface area contributed by atoms with E-state index in [-0.39, 0.29) is 37.4 Å². The van der Waals surface area contributed by atoms with Crippen molar-refractivity contribution >= 4 is 17.7 Å². The van der Waals surface area contributed by atoms with Gasteiger partial charge in [-0.1, -0.05) is 12.5 Å². The summed E-state index contributed by atoms with van der Waals surface area (Å²) in [7, 11) is 0. The maximum Gasteiger partial charge on any atom is 0.416 e. The number of ether oxygens (including phenoxy) is 2. The first-order chi connectivity index (χ1) is 14.6. The molecule has 3 aliphatic rings. The molecule has 31 heavy (non-hydrogen) atoms. The van der Waals surface area contributed by atoms with Gasteiger partial charge in [-0.3, -0.25) is 14.4 Å². The average Bonchev–Trinajstić information content (AvgIpc) is 2.94. The zero-order valence-corrected chi connectivity index (χ0v) is 17.5. The number of esters is 2. The normalized spacial score (nSPS) is 28.5. The number of ketones is 1. The largest absolute Gasteiger partial charge is 0.465 e. The summed E-state index contributed by atoms with van der Waals surface area (Å²) in [6, 6.07) is 3.26. The van der Waals surface area contributed by atoms with Gasteiger partial charge in [-0.15, -0.1) is 0 Å². The van der Waals surface area contributed by atoms with Gasteiger partial charge in [0.15, 0.2) is 11.2 Å². The Labute approximate surface area is 178 Å². The van der Waals surface area contributed by atoms with Crippen molar-refractivity contribution in [1.82, 2.24) is 0 Å². The van der Waals surface area contributed by atoms with E-state index in [1.54, 1.807) is 13.8 Å². The quantitative estimate of drug-likeness (QED) is 0.513. The maximum absolute atomic E-state index is 13.4. The van der Waals surface area contributed by atoms with Gasteiger partial charge in [0.25, 0.3) is 0 Å². The third-order valence-electron chi connectivity index (χ3n) is 7.42. The summed E-state index contributed by atoms with van der Waals surface area (Å²) in [5.74, 6) is -2.91. The molecule has 1 spiro atoms. The summed E-state index contributed by atoms with van der Waals surface area (Å²) in [5, 5.41) is 0. The van der Waals surface area contributed by atoms with Crippen molar-refractivity contribution < 1.29 is 37.0 Å². The summed E-state index contributed by atoms with van der Waals surface area (Å²) in [6.45, 7) is 3.43. The number of rotatable bonds is 4. The standard InChI is InChI=1S/C23H25F3O5/c1-3-30-19(28)22(20(29)31-4-2)12-17-18(27)15-8-7-13(23(24,25)26)10-16(15)21(17)9-5-6-14(22)11-21/h7-8,10,14,17H,3-6,9,11-12H2,1-2H3. The SMILES string of the molecule is CCOC(=O)C1(C(=O)OCC)CC2C(=O)c3ccc(C(F)(F)F)cc3C23CCCC1C3. The minimum Gasteiger partial charge on any atom is -0.465 e. The molecular weight excluding hydrogens is 413 g/mol. The van der Waals surface area contributed by atoms with Crippen LogP contribution in [0.1, 0.15) is 67.4 Å². The third kappa shape index (κ3) is 3.01. The lowest BCUT2D eigenvalue weighted by molar-refractivity contribution is -0.185. The molecule has 1 aromatic rings. The van der Waals surface area contributed by atoms with Gasteiger partial charge in [0.05, 0.1) is 18.8 Å². The Morgan fingerprint density at radius 1 is 1.10 bits per heavy atom. The molecule has 0 aliphatic heterocycles. The maximum atomic E-state index is 13.4. The molecule has 0 amide bonds. The molecule has 3 aliphatic carbocycles. The number of halogens is 3. The average molecular weight is 438 g/mol. The van der Waals surface area contributed by atoms with Crippen LogP contribution in [0.25, 0.3) is 0 Å². The number of carbonyl (C=O) groups excluding carboxylic acids is 3. The molecular formula is C23H25F3O5. The first-order valence-corrected chi connectivity index (χ1v) is 10.7. The second-order valence-corrected chi connectivity index (χ2v) is 8.74. The molecule has 0 saturated heterocycles. The Kier molecular flexibility index (Phi) is 5.17. The van der Waals surface area contributed by atoms with Gasteiger partial charge < -0.3 is 9.47 Å². The van der Waals surface area contributed by atoms with Crippen LogP contribution >= 0.6 is 0 Å². The topological polar surface area (TPSA) is 69.7 Å².